The van der Waals surface area contributed by atoms with Gasteiger partial charge >= 0.3 is 29.6 Å². The van der Waals surface area contributed by atoms with Gasteiger partial charge in [0.05, 0.1) is 12.0 Å². The Kier molecular flexibility index (Phi) is 4.96. The van der Waals surface area contributed by atoms with Crippen LogP contribution in [0.15, 0.2) is 29.4 Å². The van der Waals surface area contributed by atoms with Crippen molar-refractivity contribution in [1.82, 2.24) is 4.98 Å². The van der Waals surface area contributed by atoms with Crippen molar-refractivity contribution in [3.05, 3.63) is 24.5 Å². The average Bonchev–Trinajstić information content (AvgIpc) is 2.06. The van der Waals surface area contributed by atoms with Crippen molar-refractivity contribution in [2.24, 2.45) is 0 Å². The van der Waals surface area contributed by atoms with E-state index in [1.165, 1.54) is 24.5 Å². The first-order chi connectivity index (χ1) is 5.17. The Hall–Kier alpha value is 0.0600. The second-order valence-electron chi connectivity index (χ2n) is 1.80. The van der Waals surface area contributed by atoms with E-state index < -0.39 is 10.1 Å². The molecule has 1 aromatic rings. The maximum absolute atomic E-state index is 11.0. The fourth-order valence-electron chi connectivity index (χ4n) is 0.601. The molecule has 62 valence electrons. The van der Waals surface area contributed by atoms with Gasteiger partial charge in [0.25, 0.3) is 10.1 Å². The maximum atomic E-state index is 11.0. The topological polar surface area (TPSA) is 56.3 Å². The molecule has 12 heavy (non-hydrogen) atoms. The summed E-state index contributed by atoms with van der Waals surface area (Å²) in [6.07, 6.45) is 2.79. The molecule has 0 atom stereocenters. The summed E-state index contributed by atoms with van der Waals surface area (Å²) in [5.74, 6) is 0. The van der Waals surface area contributed by atoms with Gasteiger partial charge in [-0.1, -0.05) is 0 Å². The van der Waals surface area contributed by atoms with Crippen LogP contribution >= 0.6 is 0 Å². The van der Waals surface area contributed by atoms with Crippen molar-refractivity contribution < 1.29 is 12.6 Å². The van der Waals surface area contributed by atoms with Crippen LogP contribution in [0.2, 0.25) is 0 Å². The summed E-state index contributed by atoms with van der Waals surface area (Å²) in [5, 5.41) is 0. The monoisotopic (exact) mass is 197 g/mol. The van der Waals surface area contributed by atoms with Crippen LogP contribution in [0, 0.1) is 0 Å². The molecule has 6 heteroatoms. The van der Waals surface area contributed by atoms with E-state index in [0.29, 0.717) is 0 Å². The summed E-state index contributed by atoms with van der Waals surface area (Å²) in [4.78, 5) is 3.79. The molecule has 0 unspecified atom stereocenters. The molecule has 0 spiro atoms. The van der Waals surface area contributed by atoms with E-state index in [4.69, 9.17) is 0 Å². The fraction of sp³-hybridized carbons (Fsp3) is 0.167. The van der Waals surface area contributed by atoms with Gasteiger partial charge in [-0.25, -0.2) is 0 Å². The summed E-state index contributed by atoms with van der Waals surface area (Å²) in [7, 11) is -2.42. The predicted molar refractivity (Wildman–Crippen MR) is 45.6 cm³/mol. The molecule has 0 aliphatic heterocycles. The summed E-state index contributed by atoms with van der Waals surface area (Å²) in [5.41, 5.74) is 0. The predicted octanol–water partition coefficient (Wildman–Crippen LogP) is -0.232. The van der Waals surface area contributed by atoms with Crippen LogP contribution in [0.5, 0.6) is 0 Å². The quantitative estimate of drug-likeness (QED) is 0.485. The zero-order chi connectivity index (χ0) is 8.32. The zero-order valence-corrected chi connectivity index (χ0v) is 6.71. The fourth-order valence-corrected chi connectivity index (χ4v) is 1.25. The third kappa shape index (κ3) is 2.84. The van der Waals surface area contributed by atoms with Gasteiger partial charge in [0.15, 0.2) is 0 Å². The Morgan fingerprint density at radius 1 is 1.33 bits per heavy atom. The van der Waals surface area contributed by atoms with Crippen molar-refractivity contribution in [3.63, 3.8) is 0 Å². The van der Waals surface area contributed by atoms with Crippen LogP contribution in [0.4, 0.5) is 0 Å². The molecular formula is C6H8NNaO3S. The molecule has 0 N–H and O–H groups in total. The van der Waals surface area contributed by atoms with E-state index in [2.05, 4.69) is 9.17 Å². The number of aromatic nitrogens is 1. The first-order valence-corrected chi connectivity index (χ1v) is 4.28. The van der Waals surface area contributed by atoms with Gasteiger partial charge in [-0.05, 0) is 12.1 Å². The standard InChI is InChI=1S/C6H7NO3S.Na.H/c1-10-11(8,9)6-2-4-7-5-3-6;;/h2-5H,1H3;;. The summed E-state index contributed by atoms with van der Waals surface area (Å²) in [6, 6.07) is 2.75. The zero-order valence-electron chi connectivity index (χ0n) is 5.89. The Morgan fingerprint density at radius 2 is 1.83 bits per heavy atom. The van der Waals surface area contributed by atoms with Crippen LogP contribution in [0.3, 0.4) is 0 Å². The van der Waals surface area contributed by atoms with E-state index >= 15 is 0 Å². The van der Waals surface area contributed by atoms with Crippen LogP contribution in [0.1, 0.15) is 0 Å². The molecule has 0 aromatic carbocycles. The summed E-state index contributed by atoms with van der Waals surface area (Å²) < 4.78 is 26.2. The van der Waals surface area contributed by atoms with Crippen LogP contribution in [-0.4, -0.2) is 50.1 Å². The Morgan fingerprint density at radius 3 is 2.25 bits per heavy atom. The van der Waals surface area contributed by atoms with Gasteiger partial charge in [0.1, 0.15) is 0 Å². The van der Waals surface area contributed by atoms with Crippen LogP contribution < -0.4 is 0 Å². The van der Waals surface area contributed by atoms with E-state index in [0.717, 1.165) is 7.11 Å². The van der Waals surface area contributed by atoms with Gasteiger partial charge in [0, 0.05) is 12.4 Å². The third-order valence-corrected chi connectivity index (χ3v) is 2.45. The van der Waals surface area contributed by atoms with Gasteiger partial charge in [-0.3, -0.25) is 9.17 Å². The Labute approximate surface area is 93.4 Å². The molecule has 1 rings (SSSR count). The van der Waals surface area contributed by atoms with Gasteiger partial charge < -0.3 is 0 Å². The average molecular weight is 197 g/mol. The molecule has 0 saturated heterocycles. The molecule has 0 aliphatic rings. The first-order valence-electron chi connectivity index (χ1n) is 2.87. The minimum atomic E-state index is -3.54. The number of hydrogen-bond acceptors (Lipinski definition) is 4. The number of hydrogen-bond donors (Lipinski definition) is 0. The van der Waals surface area contributed by atoms with Crippen molar-refractivity contribution >= 4 is 39.7 Å². The molecule has 0 fully saturated rings. The molecule has 4 nitrogen and oxygen atoms in total. The molecular weight excluding hydrogens is 189 g/mol. The van der Waals surface area contributed by atoms with E-state index in [1.54, 1.807) is 0 Å². The Balaban J connectivity index is 0.00000121. The Bertz CT molecular complexity index is 324. The number of rotatable bonds is 2. The van der Waals surface area contributed by atoms with Crippen LogP contribution in [-0.2, 0) is 14.3 Å². The molecule has 0 saturated carbocycles. The first kappa shape index (κ1) is 12.1. The molecule has 0 amide bonds. The number of nitrogens with zero attached hydrogens (tertiary/aromatic N) is 1. The second kappa shape index (κ2) is 4.94. The van der Waals surface area contributed by atoms with E-state index in [1.807, 2.05) is 0 Å². The second-order valence-corrected chi connectivity index (χ2v) is 3.52. The molecule has 0 bridgehead atoms. The molecule has 1 aromatic heterocycles. The molecule has 0 radical (unpaired) electrons. The van der Waals surface area contributed by atoms with E-state index in [9.17, 15) is 8.42 Å². The van der Waals surface area contributed by atoms with Crippen molar-refractivity contribution in [2.45, 2.75) is 4.90 Å². The third-order valence-electron chi connectivity index (χ3n) is 1.16. The van der Waals surface area contributed by atoms with Crippen molar-refractivity contribution in [3.8, 4) is 0 Å². The van der Waals surface area contributed by atoms with Crippen molar-refractivity contribution in [2.75, 3.05) is 7.11 Å². The summed E-state index contributed by atoms with van der Waals surface area (Å²) >= 11 is 0. The normalized spacial score (nSPS) is 10.4. The van der Waals surface area contributed by atoms with Gasteiger partial charge in [0.2, 0.25) is 0 Å². The van der Waals surface area contributed by atoms with Crippen molar-refractivity contribution in [1.29, 1.82) is 0 Å². The summed E-state index contributed by atoms with van der Waals surface area (Å²) in [6.45, 7) is 0. The minimum absolute atomic E-state index is 0. The molecule has 0 aliphatic carbocycles. The van der Waals surface area contributed by atoms with E-state index in [-0.39, 0.29) is 34.5 Å². The number of pyridine rings is 1. The van der Waals surface area contributed by atoms with Gasteiger partial charge in [-0.15, -0.1) is 0 Å². The van der Waals surface area contributed by atoms with Crippen LogP contribution in [0.25, 0.3) is 0 Å². The molecule has 1 heterocycles. The van der Waals surface area contributed by atoms with Gasteiger partial charge in [-0.2, -0.15) is 8.42 Å². The SMILES string of the molecule is COS(=O)(=O)c1ccncc1.[NaH].